The third kappa shape index (κ3) is 1.92. The van der Waals surface area contributed by atoms with Gasteiger partial charge in [-0.1, -0.05) is 6.08 Å². The molecular formula is C8H10N2OS. The Labute approximate surface area is 75.1 Å². The van der Waals surface area contributed by atoms with Crippen LogP contribution in [0.4, 0.5) is 0 Å². The molecule has 3 nitrogen and oxygen atoms in total. The van der Waals surface area contributed by atoms with Crippen molar-refractivity contribution in [2.24, 2.45) is 0 Å². The highest BCUT2D eigenvalue weighted by atomic mass is 32.1. The van der Waals surface area contributed by atoms with Gasteiger partial charge in [0.25, 0.3) is 5.91 Å². The van der Waals surface area contributed by atoms with E-state index in [4.69, 9.17) is 0 Å². The van der Waals surface area contributed by atoms with E-state index in [1.54, 1.807) is 12.4 Å². The minimum absolute atomic E-state index is 0.137. The van der Waals surface area contributed by atoms with E-state index < -0.39 is 0 Å². The van der Waals surface area contributed by atoms with E-state index in [0.29, 0.717) is 5.69 Å². The van der Waals surface area contributed by atoms with Crippen LogP contribution in [0.1, 0.15) is 22.4 Å². The Morgan fingerprint density at radius 1 is 1.75 bits per heavy atom. The lowest BCUT2D eigenvalue weighted by Gasteiger charge is -1.90. The molecule has 1 amide bonds. The van der Waals surface area contributed by atoms with Crippen LogP contribution in [0, 0.1) is 0 Å². The average molecular weight is 182 g/mol. The van der Waals surface area contributed by atoms with Crippen LogP contribution in [-0.4, -0.2) is 17.9 Å². The maximum Gasteiger partial charge on any atom is 0.270 e. The first-order chi connectivity index (χ1) is 5.77. The number of aromatic nitrogens is 1. The van der Waals surface area contributed by atoms with Gasteiger partial charge in [-0.2, -0.15) is 0 Å². The minimum atomic E-state index is -0.137. The fourth-order valence-corrected chi connectivity index (χ4v) is 1.50. The van der Waals surface area contributed by atoms with Crippen LogP contribution in [0.15, 0.2) is 11.5 Å². The number of carbonyl (C=O) groups is 1. The Morgan fingerprint density at radius 2 is 2.50 bits per heavy atom. The zero-order valence-corrected chi connectivity index (χ0v) is 7.81. The van der Waals surface area contributed by atoms with E-state index in [2.05, 4.69) is 10.3 Å². The molecule has 0 aliphatic carbocycles. The number of thiazole rings is 1. The summed E-state index contributed by atoms with van der Waals surface area (Å²) in [4.78, 5) is 15.1. The van der Waals surface area contributed by atoms with Crippen molar-refractivity contribution in [3.8, 4) is 0 Å². The molecule has 12 heavy (non-hydrogen) atoms. The third-order valence-corrected chi connectivity index (χ3v) is 2.10. The molecule has 0 aliphatic heterocycles. The number of hydrogen-bond donors (Lipinski definition) is 1. The van der Waals surface area contributed by atoms with Crippen LogP contribution < -0.4 is 5.32 Å². The van der Waals surface area contributed by atoms with Crippen molar-refractivity contribution in [1.29, 1.82) is 0 Å². The van der Waals surface area contributed by atoms with Crippen molar-refractivity contribution in [3.05, 3.63) is 22.2 Å². The lowest BCUT2D eigenvalue weighted by Crippen LogP contribution is -2.17. The second-order valence-corrected chi connectivity index (χ2v) is 3.04. The van der Waals surface area contributed by atoms with Crippen molar-refractivity contribution >= 4 is 23.3 Å². The van der Waals surface area contributed by atoms with Gasteiger partial charge in [0.05, 0.1) is 0 Å². The summed E-state index contributed by atoms with van der Waals surface area (Å²) in [5.41, 5.74) is 0.482. The Morgan fingerprint density at radius 3 is 3.08 bits per heavy atom. The van der Waals surface area contributed by atoms with E-state index >= 15 is 0 Å². The molecule has 1 aromatic heterocycles. The molecule has 1 N–H and O–H groups in total. The van der Waals surface area contributed by atoms with Crippen LogP contribution >= 0.6 is 11.3 Å². The van der Waals surface area contributed by atoms with E-state index in [0.717, 1.165) is 5.01 Å². The first kappa shape index (κ1) is 8.93. The van der Waals surface area contributed by atoms with Crippen LogP contribution in [0.25, 0.3) is 6.08 Å². The summed E-state index contributed by atoms with van der Waals surface area (Å²) in [6.07, 6.45) is 3.77. The molecule has 0 atom stereocenters. The number of nitrogens with one attached hydrogen (secondary N) is 1. The maximum atomic E-state index is 11.0. The van der Waals surface area contributed by atoms with E-state index in [1.807, 2.05) is 19.1 Å². The largest absolute Gasteiger partial charge is 0.354 e. The van der Waals surface area contributed by atoms with E-state index in [9.17, 15) is 4.79 Å². The predicted molar refractivity (Wildman–Crippen MR) is 50.2 cm³/mol. The summed E-state index contributed by atoms with van der Waals surface area (Å²) in [6.45, 7) is 1.92. The maximum absolute atomic E-state index is 11.0. The fourth-order valence-electron chi connectivity index (χ4n) is 0.739. The van der Waals surface area contributed by atoms with E-state index in [1.165, 1.54) is 11.3 Å². The fraction of sp³-hybridized carbons (Fsp3) is 0.250. The second-order valence-electron chi connectivity index (χ2n) is 2.15. The number of carbonyl (C=O) groups excluding carboxylic acids is 1. The lowest BCUT2D eigenvalue weighted by molar-refractivity contribution is 0.0959. The molecule has 0 bridgehead atoms. The highest BCUT2D eigenvalue weighted by Crippen LogP contribution is 2.10. The van der Waals surface area contributed by atoms with Gasteiger partial charge in [0.1, 0.15) is 10.7 Å². The predicted octanol–water partition coefficient (Wildman–Crippen LogP) is 1.54. The van der Waals surface area contributed by atoms with Gasteiger partial charge >= 0.3 is 0 Å². The summed E-state index contributed by atoms with van der Waals surface area (Å²) in [5, 5.41) is 5.12. The Balaban J connectivity index is 2.84. The number of allylic oxidation sites excluding steroid dienone is 1. The van der Waals surface area contributed by atoms with Crippen molar-refractivity contribution in [3.63, 3.8) is 0 Å². The van der Waals surface area contributed by atoms with Gasteiger partial charge < -0.3 is 5.32 Å². The zero-order valence-electron chi connectivity index (χ0n) is 7.00. The van der Waals surface area contributed by atoms with Gasteiger partial charge in [-0.05, 0) is 13.0 Å². The summed E-state index contributed by atoms with van der Waals surface area (Å²) in [7, 11) is 1.59. The van der Waals surface area contributed by atoms with Crippen LogP contribution in [0.5, 0.6) is 0 Å². The van der Waals surface area contributed by atoms with Gasteiger partial charge in [-0.25, -0.2) is 4.98 Å². The van der Waals surface area contributed by atoms with Gasteiger partial charge in [-0.15, -0.1) is 11.3 Å². The molecule has 0 fully saturated rings. The first-order valence-electron chi connectivity index (χ1n) is 3.58. The number of rotatable bonds is 2. The van der Waals surface area contributed by atoms with Gasteiger partial charge in [0, 0.05) is 12.4 Å². The van der Waals surface area contributed by atoms with Crippen LogP contribution in [0.2, 0.25) is 0 Å². The summed E-state index contributed by atoms with van der Waals surface area (Å²) in [5.74, 6) is -0.137. The molecule has 1 aromatic rings. The zero-order chi connectivity index (χ0) is 8.97. The van der Waals surface area contributed by atoms with Crippen molar-refractivity contribution in [1.82, 2.24) is 10.3 Å². The molecule has 0 unspecified atom stereocenters. The van der Waals surface area contributed by atoms with Gasteiger partial charge in [-0.3, -0.25) is 4.79 Å². The molecule has 1 heterocycles. The molecule has 0 saturated heterocycles. The SMILES string of the molecule is C/C=C\c1nc(C(=O)NC)cs1. The number of nitrogens with zero attached hydrogens (tertiary/aromatic N) is 1. The topological polar surface area (TPSA) is 42.0 Å². The summed E-state index contributed by atoms with van der Waals surface area (Å²) >= 11 is 1.46. The second kappa shape index (κ2) is 4.01. The molecule has 0 saturated carbocycles. The standard InChI is InChI=1S/C8H10N2OS/c1-3-4-7-10-6(5-12-7)8(11)9-2/h3-5H,1-2H3,(H,9,11)/b4-3-. The Hall–Kier alpha value is -1.16. The molecule has 4 heteroatoms. The molecule has 64 valence electrons. The normalized spacial score (nSPS) is 10.5. The summed E-state index contributed by atoms with van der Waals surface area (Å²) in [6, 6.07) is 0. The molecule has 0 radical (unpaired) electrons. The minimum Gasteiger partial charge on any atom is -0.354 e. The van der Waals surface area contributed by atoms with Crippen molar-refractivity contribution in [2.75, 3.05) is 7.05 Å². The molecule has 1 rings (SSSR count). The quantitative estimate of drug-likeness (QED) is 0.753. The van der Waals surface area contributed by atoms with Crippen LogP contribution in [-0.2, 0) is 0 Å². The average Bonchev–Trinajstić information content (AvgIpc) is 2.52. The number of hydrogen-bond acceptors (Lipinski definition) is 3. The van der Waals surface area contributed by atoms with Crippen molar-refractivity contribution in [2.45, 2.75) is 6.92 Å². The third-order valence-electron chi connectivity index (χ3n) is 1.29. The van der Waals surface area contributed by atoms with E-state index in [-0.39, 0.29) is 5.91 Å². The highest BCUT2D eigenvalue weighted by molar-refractivity contribution is 7.10. The van der Waals surface area contributed by atoms with Crippen molar-refractivity contribution < 1.29 is 4.79 Å². The molecule has 0 spiro atoms. The van der Waals surface area contributed by atoms with Crippen LogP contribution in [0.3, 0.4) is 0 Å². The molecule has 0 aromatic carbocycles. The molecular weight excluding hydrogens is 172 g/mol. The monoisotopic (exact) mass is 182 g/mol. The lowest BCUT2D eigenvalue weighted by atomic mass is 10.4. The molecule has 0 aliphatic rings. The van der Waals surface area contributed by atoms with Gasteiger partial charge in [0.15, 0.2) is 0 Å². The first-order valence-corrected chi connectivity index (χ1v) is 4.46. The Bertz CT molecular complexity index is 304. The highest BCUT2D eigenvalue weighted by Gasteiger charge is 2.05. The Kier molecular flexibility index (Phi) is 2.99. The smallest absolute Gasteiger partial charge is 0.270 e. The number of amides is 1. The summed E-state index contributed by atoms with van der Waals surface area (Å²) < 4.78 is 0. The van der Waals surface area contributed by atoms with Gasteiger partial charge in [0.2, 0.25) is 0 Å².